The summed E-state index contributed by atoms with van der Waals surface area (Å²) in [7, 11) is -3.50. The molecule has 0 aliphatic heterocycles. The smallest absolute Gasteiger partial charge is 0.250 e. The largest absolute Gasteiger partial charge is 0.320 e. The van der Waals surface area contributed by atoms with Gasteiger partial charge in [-0.15, -0.1) is 12.4 Å². The van der Waals surface area contributed by atoms with Gasteiger partial charge in [-0.25, -0.2) is 8.42 Å². The number of rotatable bonds is 6. The molecule has 0 aliphatic rings. The minimum absolute atomic E-state index is 0. The Morgan fingerprint density at radius 1 is 1.38 bits per heavy atom. The van der Waals surface area contributed by atoms with Gasteiger partial charge in [-0.05, 0) is 12.3 Å². The quantitative estimate of drug-likeness (QED) is 0.742. The molecule has 0 saturated carbocycles. The number of hydrogen-bond donors (Lipinski definition) is 2. The molecule has 0 unspecified atom stereocenters. The number of carbonyl (C=O) groups excluding carboxylic acids is 1. The summed E-state index contributed by atoms with van der Waals surface area (Å²) < 4.78 is 24.7. The van der Waals surface area contributed by atoms with Crippen molar-refractivity contribution >= 4 is 28.3 Å². The molecule has 7 heteroatoms. The van der Waals surface area contributed by atoms with Crippen LogP contribution in [-0.2, 0) is 14.8 Å². The number of amides is 1. The van der Waals surface area contributed by atoms with E-state index in [0.29, 0.717) is 6.42 Å². The van der Waals surface area contributed by atoms with E-state index in [4.69, 9.17) is 5.73 Å². The minimum atomic E-state index is -3.50. The monoisotopic (exact) mass is 272 g/mol. The van der Waals surface area contributed by atoms with Crippen LogP contribution in [0.1, 0.15) is 33.6 Å². The highest BCUT2D eigenvalue weighted by molar-refractivity contribution is 7.90. The Hall–Kier alpha value is -0.330. The molecule has 1 amide bonds. The third-order valence-electron chi connectivity index (χ3n) is 2.04. The van der Waals surface area contributed by atoms with Crippen LogP contribution in [0.25, 0.3) is 0 Å². The van der Waals surface area contributed by atoms with Crippen molar-refractivity contribution in [3.8, 4) is 0 Å². The molecule has 0 spiro atoms. The number of nitrogens with one attached hydrogen (secondary N) is 1. The van der Waals surface area contributed by atoms with Crippen molar-refractivity contribution in [1.29, 1.82) is 0 Å². The van der Waals surface area contributed by atoms with E-state index >= 15 is 0 Å². The van der Waals surface area contributed by atoms with E-state index < -0.39 is 22.0 Å². The van der Waals surface area contributed by atoms with Crippen molar-refractivity contribution in [1.82, 2.24) is 4.72 Å². The standard InChI is InChI=1S/C9H20N2O3S.ClH/c1-4-5-6-15(13,14)11-9(12)8(10)7(2)3;/h7-8H,4-6,10H2,1-3H3,(H,11,12);1H/t8-;/m0./s1. The minimum Gasteiger partial charge on any atom is -0.320 e. The summed E-state index contributed by atoms with van der Waals surface area (Å²) in [5.41, 5.74) is 5.52. The average molecular weight is 273 g/mol. The van der Waals surface area contributed by atoms with E-state index in [0.717, 1.165) is 6.42 Å². The molecule has 0 aromatic rings. The van der Waals surface area contributed by atoms with E-state index in [1.165, 1.54) is 0 Å². The molecule has 0 aromatic carbocycles. The maximum atomic E-state index is 11.3. The molecule has 0 bridgehead atoms. The lowest BCUT2D eigenvalue weighted by molar-refractivity contribution is -0.121. The fourth-order valence-electron chi connectivity index (χ4n) is 0.909. The maximum absolute atomic E-state index is 11.3. The third-order valence-corrected chi connectivity index (χ3v) is 3.38. The van der Waals surface area contributed by atoms with E-state index in [1.54, 1.807) is 13.8 Å². The summed E-state index contributed by atoms with van der Waals surface area (Å²) in [6.45, 7) is 5.42. The van der Waals surface area contributed by atoms with Gasteiger partial charge in [-0.1, -0.05) is 27.2 Å². The van der Waals surface area contributed by atoms with Crippen molar-refractivity contribution in [2.75, 3.05) is 5.75 Å². The molecule has 1 atom stereocenters. The topological polar surface area (TPSA) is 89.3 Å². The van der Waals surface area contributed by atoms with Crippen molar-refractivity contribution in [2.24, 2.45) is 11.7 Å². The number of carbonyl (C=O) groups is 1. The summed E-state index contributed by atoms with van der Waals surface area (Å²) in [5, 5.41) is 0. The van der Waals surface area contributed by atoms with Gasteiger partial charge < -0.3 is 5.73 Å². The van der Waals surface area contributed by atoms with Crippen molar-refractivity contribution in [2.45, 2.75) is 39.7 Å². The Bertz CT molecular complexity index is 304. The predicted octanol–water partition coefficient (Wildman–Crippen LogP) is 0.638. The van der Waals surface area contributed by atoms with Gasteiger partial charge >= 0.3 is 0 Å². The first-order valence-corrected chi connectivity index (χ1v) is 6.75. The highest BCUT2D eigenvalue weighted by Crippen LogP contribution is 2.00. The third kappa shape index (κ3) is 7.03. The van der Waals surface area contributed by atoms with E-state index in [-0.39, 0.29) is 24.1 Å². The number of sulfonamides is 1. The lowest BCUT2D eigenvalue weighted by Gasteiger charge is -2.15. The van der Waals surface area contributed by atoms with Crippen molar-refractivity contribution in [3.05, 3.63) is 0 Å². The van der Waals surface area contributed by atoms with Gasteiger partial charge in [0.1, 0.15) is 0 Å². The van der Waals surface area contributed by atoms with Crippen LogP contribution < -0.4 is 10.5 Å². The molecule has 0 aromatic heterocycles. The van der Waals surface area contributed by atoms with Crippen LogP contribution in [0, 0.1) is 5.92 Å². The predicted molar refractivity (Wildman–Crippen MR) is 66.9 cm³/mol. The molecule has 0 saturated heterocycles. The van der Waals surface area contributed by atoms with Gasteiger partial charge in [0.05, 0.1) is 11.8 Å². The summed E-state index contributed by atoms with van der Waals surface area (Å²) in [6.07, 6.45) is 1.31. The maximum Gasteiger partial charge on any atom is 0.250 e. The Morgan fingerprint density at radius 3 is 2.25 bits per heavy atom. The van der Waals surface area contributed by atoms with Crippen LogP contribution in [0.2, 0.25) is 0 Å². The molecule has 16 heavy (non-hydrogen) atoms. The van der Waals surface area contributed by atoms with Gasteiger partial charge in [-0.3, -0.25) is 9.52 Å². The van der Waals surface area contributed by atoms with Crippen LogP contribution >= 0.6 is 12.4 Å². The molecular weight excluding hydrogens is 252 g/mol. The first kappa shape index (κ1) is 18.0. The molecule has 0 heterocycles. The molecule has 5 nitrogen and oxygen atoms in total. The second-order valence-electron chi connectivity index (χ2n) is 3.91. The zero-order valence-corrected chi connectivity index (χ0v) is 11.5. The van der Waals surface area contributed by atoms with Gasteiger partial charge in [0.2, 0.25) is 10.0 Å². The lowest BCUT2D eigenvalue weighted by atomic mass is 10.1. The van der Waals surface area contributed by atoms with Crippen LogP contribution in [0.4, 0.5) is 0 Å². The van der Waals surface area contributed by atoms with Gasteiger partial charge in [0.15, 0.2) is 0 Å². The van der Waals surface area contributed by atoms with Crippen LogP contribution in [0.5, 0.6) is 0 Å². The molecule has 0 aliphatic carbocycles. The Morgan fingerprint density at radius 2 is 1.88 bits per heavy atom. The molecular formula is C9H21ClN2O3S. The van der Waals surface area contributed by atoms with Crippen LogP contribution in [0.15, 0.2) is 0 Å². The Kier molecular flexibility index (Phi) is 8.87. The Balaban J connectivity index is 0. The molecule has 98 valence electrons. The zero-order chi connectivity index (χ0) is 12.1. The molecule has 0 fully saturated rings. The first-order chi connectivity index (χ1) is 6.80. The normalized spacial score (nSPS) is 13.1. The van der Waals surface area contributed by atoms with E-state index in [9.17, 15) is 13.2 Å². The molecule has 0 radical (unpaired) electrons. The lowest BCUT2D eigenvalue weighted by Crippen LogP contribution is -2.46. The number of unbranched alkanes of at least 4 members (excludes halogenated alkanes) is 1. The zero-order valence-electron chi connectivity index (χ0n) is 9.89. The van der Waals surface area contributed by atoms with Crippen LogP contribution in [-0.4, -0.2) is 26.1 Å². The number of hydrogen-bond acceptors (Lipinski definition) is 4. The van der Waals surface area contributed by atoms with E-state index in [1.807, 2.05) is 11.6 Å². The van der Waals surface area contributed by atoms with Gasteiger partial charge in [0, 0.05) is 0 Å². The summed E-state index contributed by atoms with van der Waals surface area (Å²) >= 11 is 0. The second-order valence-corrected chi connectivity index (χ2v) is 5.75. The number of halogens is 1. The highest BCUT2D eigenvalue weighted by Gasteiger charge is 2.21. The Labute approximate surface area is 104 Å². The first-order valence-electron chi connectivity index (χ1n) is 5.10. The van der Waals surface area contributed by atoms with Gasteiger partial charge in [-0.2, -0.15) is 0 Å². The molecule has 0 rings (SSSR count). The van der Waals surface area contributed by atoms with E-state index in [2.05, 4.69) is 0 Å². The van der Waals surface area contributed by atoms with Crippen LogP contribution in [0.3, 0.4) is 0 Å². The van der Waals surface area contributed by atoms with Crippen molar-refractivity contribution < 1.29 is 13.2 Å². The van der Waals surface area contributed by atoms with Crippen molar-refractivity contribution in [3.63, 3.8) is 0 Å². The SMILES string of the molecule is CCCCS(=O)(=O)NC(=O)[C@@H](N)C(C)C.Cl. The summed E-state index contributed by atoms with van der Waals surface area (Å²) in [5.74, 6) is -0.729. The summed E-state index contributed by atoms with van der Waals surface area (Å²) in [6, 6.07) is -0.776. The number of nitrogens with two attached hydrogens (primary N) is 1. The highest BCUT2D eigenvalue weighted by atomic mass is 35.5. The molecule has 3 N–H and O–H groups in total. The fraction of sp³-hybridized carbons (Fsp3) is 0.889. The van der Waals surface area contributed by atoms with Gasteiger partial charge in [0.25, 0.3) is 5.91 Å². The fourth-order valence-corrected chi connectivity index (χ4v) is 2.12. The average Bonchev–Trinajstić information content (AvgIpc) is 2.12. The second kappa shape index (κ2) is 7.86. The summed E-state index contributed by atoms with van der Waals surface area (Å²) in [4.78, 5) is 11.3.